The van der Waals surface area contributed by atoms with E-state index >= 15 is 0 Å². The van der Waals surface area contributed by atoms with E-state index in [0.717, 1.165) is 10.9 Å². The molecule has 0 aliphatic carbocycles. The van der Waals surface area contributed by atoms with Crippen LogP contribution in [0.5, 0.6) is 0 Å². The van der Waals surface area contributed by atoms with Crippen molar-refractivity contribution in [2.45, 2.75) is 10.9 Å². The average molecular weight is 303 g/mol. The third-order valence-corrected chi connectivity index (χ3v) is 7.29. The van der Waals surface area contributed by atoms with Gasteiger partial charge in [-0.25, -0.2) is 0 Å². The summed E-state index contributed by atoms with van der Waals surface area (Å²) in [6.45, 7) is 0. The summed E-state index contributed by atoms with van der Waals surface area (Å²) < 4.78 is 0.739. The zero-order valence-electron chi connectivity index (χ0n) is 4.13. The molecule has 0 rings (SSSR count). The molecule has 5 heteroatoms. The van der Waals surface area contributed by atoms with Gasteiger partial charge >= 0.3 is 70.1 Å². The predicted molar refractivity (Wildman–Crippen MR) is 43.5 cm³/mol. The van der Waals surface area contributed by atoms with Crippen molar-refractivity contribution in [2.24, 2.45) is 0 Å². The van der Waals surface area contributed by atoms with E-state index in [1.54, 1.807) is 0 Å². The van der Waals surface area contributed by atoms with Gasteiger partial charge in [-0.05, 0) is 0 Å². The standard InChI is InChI=1S/C3H6Cl.3ClH.Sn/c1-2-3-4;;;;/h1-3H2;3*1H;/q;;;;+3/p-3. The molecule has 0 spiro atoms. The Morgan fingerprint density at radius 1 is 1.12 bits per heavy atom. The molecule has 0 saturated heterocycles. The SMILES string of the molecule is ClCC[CH2][Sn]([Cl])([Cl])[Cl]. The fourth-order valence-corrected chi connectivity index (χ4v) is 5.38. The molecule has 0 unspecified atom stereocenters. The van der Waals surface area contributed by atoms with Gasteiger partial charge in [-0.1, -0.05) is 0 Å². The van der Waals surface area contributed by atoms with Crippen molar-refractivity contribution in [3.05, 3.63) is 0 Å². The molecule has 0 saturated carbocycles. The molecule has 0 amide bonds. The van der Waals surface area contributed by atoms with Crippen LogP contribution in [0.2, 0.25) is 4.44 Å². The molecule has 0 aliphatic rings. The first-order valence-electron chi connectivity index (χ1n) is 2.19. The topological polar surface area (TPSA) is 0 Å². The zero-order valence-corrected chi connectivity index (χ0v) is 10.0. The first-order valence-corrected chi connectivity index (χ1v) is 15.6. The molecule has 0 aliphatic heterocycles. The Kier molecular flexibility index (Phi) is 5.88. The third-order valence-electron chi connectivity index (χ3n) is 0.594. The van der Waals surface area contributed by atoms with Crippen LogP contribution in [0.15, 0.2) is 0 Å². The van der Waals surface area contributed by atoms with Crippen molar-refractivity contribution in [1.82, 2.24) is 0 Å². The first-order chi connectivity index (χ1) is 3.56. The van der Waals surface area contributed by atoms with Crippen LogP contribution in [0.4, 0.5) is 0 Å². The van der Waals surface area contributed by atoms with Gasteiger partial charge in [0, 0.05) is 0 Å². The number of hydrogen-bond acceptors (Lipinski definition) is 0. The van der Waals surface area contributed by atoms with Gasteiger partial charge in [0.1, 0.15) is 0 Å². The zero-order chi connectivity index (χ0) is 6.62. The van der Waals surface area contributed by atoms with E-state index in [1.165, 1.54) is 0 Å². The van der Waals surface area contributed by atoms with E-state index in [1.807, 2.05) is 0 Å². The second-order valence-corrected chi connectivity index (χ2v) is 23.6. The fourth-order valence-electron chi connectivity index (χ4n) is 0.267. The van der Waals surface area contributed by atoms with Crippen LogP contribution < -0.4 is 0 Å². The van der Waals surface area contributed by atoms with E-state index in [0.29, 0.717) is 5.88 Å². The number of rotatable bonds is 3. The predicted octanol–water partition coefficient (Wildman–Crippen LogP) is 3.27. The molecule has 8 heavy (non-hydrogen) atoms. The summed E-state index contributed by atoms with van der Waals surface area (Å²) >= 11 is 2.39. The summed E-state index contributed by atoms with van der Waals surface area (Å²) in [6.07, 6.45) is 0.841. The Morgan fingerprint density at radius 2 is 1.62 bits per heavy atom. The van der Waals surface area contributed by atoms with Crippen molar-refractivity contribution in [3.8, 4) is 0 Å². The van der Waals surface area contributed by atoms with Crippen LogP contribution in [-0.4, -0.2) is 20.9 Å². The minimum absolute atomic E-state index is 0.602. The molecule has 0 nitrogen and oxygen atoms in total. The molecule has 0 radical (unpaired) electrons. The van der Waals surface area contributed by atoms with Gasteiger partial charge < -0.3 is 0 Å². The molecule has 0 bridgehead atoms. The molecular weight excluding hydrogens is 297 g/mol. The quantitative estimate of drug-likeness (QED) is 0.554. The van der Waals surface area contributed by atoms with E-state index in [2.05, 4.69) is 0 Å². The maximum atomic E-state index is 5.59. The van der Waals surface area contributed by atoms with Gasteiger partial charge in [-0.15, -0.1) is 0 Å². The summed E-state index contributed by atoms with van der Waals surface area (Å²) in [5, 5.41) is 0. The summed E-state index contributed by atoms with van der Waals surface area (Å²) in [7, 11) is 16.8. The third kappa shape index (κ3) is 7.96. The van der Waals surface area contributed by atoms with E-state index in [4.69, 9.17) is 38.4 Å². The van der Waals surface area contributed by atoms with Crippen LogP contribution in [0.1, 0.15) is 6.42 Å². The van der Waals surface area contributed by atoms with Crippen LogP contribution in [0.3, 0.4) is 0 Å². The molecular formula is C3H6Cl4Sn. The van der Waals surface area contributed by atoms with Gasteiger partial charge in [-0.3, -0.25) is 0 Å². The van der Waals surface area contributed by atoms with Gasteiger partial charge in [0.15, 0.2) is 0 Å². The van der Waals surface area contributed by atoms with Gasteiger partial charge in [0.05, 0.1) is 0 Å². The summed E-state index contributed by atoms with van der Waals surface area (Å²) in [5.41, 5.74) is 0. The second kappa shape index (κ2) is 4.73. The molecule has 0 aromatic heterocycles. The Morgan fingerprint density at radius 3 is 1.75 bits per heavy atom. The van der Waals surface area contributed by atoms with Crippen LogP contribution in [0, 0.1) is 0 Å². The Labute approximate surface area is 69.5 Å². The van der Waals surface area contributed by atoms with Crippen molar-refractivity contribution < 1.29 is 0 Å². The number of alkyl halides is 1. The Balaban J connectivity index is 3.11. The van der Waals surface area contributed by atoms with Gasteiger partial charge in [0.2, 0.25) is 0 Å². The normalized spacial score (nSPS) is 12.0. The van der Waals surface area contributed by atoms with Crippen LogP contribution in [0.25, 0.3) is 0 Å². The Hall–Kier alpha value is 1.96. The van der Waals surface area contributed by atoms with Gasteiger partial charge in [0.25, 0.3) is 0 Å². The molecule has 0 aromatic rings. The molecule has 0 fully saturated rings. The molecule has 0 atom stereocenters. The minimum atomic E-state index is -2.98. The van der Waals surface area contributed by atoms with Crippen molar-refractivity contribution in [2.75, 3.05) is 5.88 Å². The van der Waals surface area contributed by atoms with E-state index in [9.17, 15) is 0 Å². The van der Waals surface area contributed by atoms with E-state index < -0.39 is 15.0 Å². The Bertz CT molecular complexity index is 58.8. The van der Waals surface area contributed by atoms with Gasteiger partial charge in [-0.2, -0.15) is 0 Å². The maximum absolute atomic E-state index is 5.59. The molecule has 0 N–H and O–H groups in total. The fraction of sp³-hybridized carbons (Fsp3) is 1.00. The first kappa shape index (κ1) is 9.96. The molecule has 0 aromatic carbocycles. The van der Waals surface area contributed by atoms with E-state index in [-0.39, 0.29) is 0 Å². The molecule has 50 valence electrons. The van der Waals surface area contributed by atoms with Crippen LogP contribution in [-0.2, 0) is 0 Å². The number of halogens is 4. The second-order valence-electron chi connectivity index (χ2n) is 1.41. The summed E-state index contributed by atoms with van der Waals surface area (Å²) in [6, 6.07) is 0. The summed E-state index contributed by atoms with van der Waals surface area (Å²) in [5.74, 6) is 0.602. The summed E-state index contributed by atoms with van der Waals surface area (Å²) in [4.78, 5) is 0. The average Bonchev–Trinajstić information content (AvgIpc) is 1.59. The van der Waals surface area contributed by atoms with Crippen molar-refractivity contribution in [1.29, 1.82) is 0 Å². The van der Waals surface area contributed by atoms with Crippen molar-refractivity contribution >= 4 is 53.4 Å². The number of hydrogen-bond donors (Lipinski definition) is 0. The van der Waals surface area contributed by atoms with Crippen LogP contribution >= 0.6 is 38.4 Å². The molecule has 0 heterocycles. The monoisotopic (exact) mass is 302 g/mol. The van der Waals surface area contributed by atoms with Crippen molar-refractivity contribution in [3.63, 3.8) is 0 Å².